The lowest BCUT2D eigenvalue weighted by atomic mass is 10.1. The number of hydrogen-bond acceptors (Lipinski definition) is 5. The van der Waals surface area contributed by atoms with Gasteiger partial charge in [0, 0.05) is 19.6 Å². The van der Waals surface area contributed by atoms with Crippen LogP contribution in [0.25, 0.3) is 0 Å². The fourth-order valence-corrected chi connectivity index (χ4v) is 2.89. The molecule has 1 aliphatic heterocycles. The second-order valence-electron chi connectivity index (χ2n) is 6.15. The Morgan fingerprint density at radius 1 is 1.11 bits per heavy atom. The van der Waals surface area contributed by atoms with Crippen LogP contribution < -0.4 is 9.47 Å². The van der Waals surface area contributed by atoms with Crippen LogP contribution in [-0.2, 0) is 9.53 Å². The van der Waals surface area contributed by atoms with Crippen LogP contribution >= 0.6 is 12.4 Å². The summed E-state index contributed by atoms with van der Waals surface area (Å²) in [4.78, 5) is 12.9. The van der Waals surface area contributed by atoms with Gasteiger partial charge in [0.2, 0.25) is 0 Å². The molecule has 0 radical (unpaired) electrons. The highest BCUT2D eigenvalue weighted by Gasteiger charge is 2.22. The SMILES string of the molecule is COc1ccc(Oc2ccc(C3CN(CCC(=O)O)CCO3)cc2)cc1.Cl. The van der Waals surface area contributed by atoms with E-state index in [1.54, 1.807) is 7.11 Å². The first-order valence-corrected chi connectivity index (χ1v) is 8.61. The Morgan fingerprint density at radius 3 is 2.30 bits per heavy atom. The Hall–Kier alpha value is -2.28. The molecule has 146 valence electrons. The van der Waals surface area contributed by atoms with Crippen molar-refractivity contribution in [3.8, 4) is 17.2 Å². The van der Waals surface area contributed by atoms with Gasteiger partial charge >= 0.3 is 5.97 Å². The van der Waals surface area contributed by atoms with E-state index < -0.39 is 5.97 Å². The van der Waals surface area contributed by atoms with Crippen LogP contribution in [0.15, 0.2) is 48.5 Å². The van der Waals surface area contributed by atoms with Crippen LogP contribution in [0.5, 0.6) is 17.2 Å². The van der Waals surface area contributed by atoms with E-state index in [2.05, 4.69) is 4.90 Å². The molecule has 0 aliphatic carbocycles. The number of carboxylic acids is 1. The second-order valence-corrected chi connectivity index (χ2v) is 6.15. The topological polar surface area (TPSA) is 68.2 Å². The molecule has 1 N–H and O–H groups in total. The minimum atomic E-state index is -0.770. The van der Waals surface area contributed by atoms with Gasteiger partial charge < -0.3 is 19.3 Å². The first-order chi connectivity index (χ1) is 12.6. The Kier molecular flexibility index (Phi) is 7.91. The quantitative estimate of drug-likeness (QED) is 0.772. The molecule has 6 nitrogen and oxygen atoms in total. The number of rotatable bonds is 7. The molecule has 2 aromatic carbocycles. The van der Waals surface area contributed by atoms with Crippen molar-refractivity contribution in [2.45, 2.75) is 12.5 Å². The number of ether oxygens (including phenoxy) is 3. The molecule has 1 heterocycles. The molecule has 1 aliphatic rings. The maximum Gasteiger partial charge on any atom is 0.304 e. The van der Waals surface area contributed by atoms with Gasteiger partial charge in [0.05, 0.1) is 26.2 Å². The van der Waals surface area contributed by atoms with Crippen LogP contribution in [0.1, 0.15) is 18.1 Å². The van der Waals surface area contributed by atoms with E-state index >= 15 is 0 Å². The van der Waals surface area contributed by atoms with E-state index in [-0.39, 0.29) is 24.9 Å². The molecule has 0 bridgehead atoms. The van der Waals surface area contributed by atoms with E-state index in [9.17, 15) is 4.79 Å². The van der Waals surface area contributed by atoms with Crippen LogP contribution in [0, 0.1) is 0 Å². The van der Waals surface area contributed by atoms with Crippen molar-refractivity contribution >= 4 is 18.4 Å². The highest BCUT2D eigenvalue weighted by molar-refractivity contribution is 5.85. The van der Waals surface area contributed by atoms with Gasteiger partial charge in [-0.15, -0.1) is 12.4 Å². The van der Waals surface area contributed by atoms with Gasteiger partial charge in [-0.2, -0.15) is 0 Å². The fraction of sp³-hybridized carbons (Fsp3) is 0.350. The zero-order chi connectivity index (χ0) is 18.4. The van der Waals surface area contributed by atoms with Crippen LogP contribution in [0.2, 0.25) is 0 Å². The van der Waals surface area contributed by atoms with Crippen LogP contribution in [0.4, 0.5) is 0 Å². The third-order valence-corrected chi connectivity index (χ3v) is 4.34. The van der Waals surface area contributed by atoms with Gasteiger partial charge in [0.25, 0.3) is 0 Å². The molecule has 1 saturated heterocycles. The van der Waals surface area contributed by atoms with Crippen molar-refractivity contribution in [3.05, 3.63) is 54.1 Å². The third-order valence-electron chi connectivity index (χ3n) is 4.34. The highest BCUT2D eigenvalue weighted by Crippen LogP contribution is 2.27. The van der Waals surface area contributed by atoms with Gasteiger partial charge in [-0.3, -0.25) is 9.69 Å². The van der Waals surface area contributed by atoms with Gasteiger partial charge in [0.15, 0.2) is 0 Å². The zero-order valence-corrected chi connectivity index (χ0v) is 16.0. The third kappa shape index (κ3) is 6.13. The summed E-state index contributed by atoms with van der Waals surface area (Å²) in [5.41, 5.74) is 1.06. The maximum atomic E-state index is 10.7. The molecule has 0 amide bonds. The Morgan fingerprint density at radius 2 is 1.70 bits per heavy atom. The van der Waals surface area contributed by atoms with Crippen LogP contribution in [-0.4, -0.2) is 49.3 Å². The maximum absolute atomic E-state index is 10.7. The van der Waals surface area contributed by atoms with E-state index in [4.69, 9.17) is 19.3 Å². The Balaban J connectivity index is 0.00000261. The Bertz CT molecular complexity index is 720. The predicted octanol–water partition coefficient (Wildman–Crippen LogP) is 3.76. The number of nitrogens with zero attached hydrogens (tertiary/aromatic N) is 1. The number of hydrogen-bond donors (Lipinski definition) is 1. The summed E-state index contributed by atoms with van der Waals surface area (Å²) in [6.07, 6.45) is 0.106. The van der Waals surface area contributed by atoms with Crippen molar-refractivity contribution in [2.75, 3.05) is 33.4 Å². The molecular weight excluding hydrogens is 370 g/mol. The zero-order valence-electron chi connectivity index (χ0n) is 15.2. The lowest BCUT2D eigenvalue weighted by Crippen LogP contribution is -2.39. The number of morpholine rings is 1. The normalized spacial score (nSPS) is 17.0. The number of carboxylic acid groups (broad SMARTS) is 1. The standard InChI is InChI=1S/C20H23NO5.ClH/c1-24-16-6-8-18(9-7-16)26-17-4-2-15(3-5-17)19-14-21(12-13-25-19)11-10-20(22)23;/h2-9,19H,10-14H2,1H3,(H,22,23);1H. The summed E-state index contributed by atoms with van der Waals surface area (Å²) in [6.45, 7) is 2.62. The molecule has 0 aromatic heterocycles. The first kappa shape index (κ1) is 21.0. The molecule has 1 atom stereocenters. The molecule has 7 heteroatoms. The van der Waals surface area contributed by atoms with Gasteiger partial charge in [-0.25, -0.2) is 0 Å². The smallest absolute Gasteiger partial charge is 0.304 e. The molecule has 27 heavy (non-hydrogen) atoms. The van der Waals surface area contributed by atoms with E-state index in [0.717, 1.165) is 29.4 Å². The lowest BCUT2D eigenvalue weighted by molar-refractivity contribution is -0.137. The number of aliphatic carboxylic acids is 1. The van der Waals surface area contributed by atoms with Crippen molar-refractivity contribution in [1.29, 1.82) is 0 Å². The largest absolute Gasteiger partial charge is 0.497 e. The summed E-state index contributed by atoms with van der Waals surface area (Å²) < 4.78 is 16.8. The molecule has 1 unspecified atom stereocenters. The Labute approximate surface area is 165 Å². The highest BCUT2D eigenvalue weighted by atomic mass is 35.5. The molecule has 0 spiro atoms. The van der Waals surface area contributed by atoms with Crippen molar-refractivity contribution in [3.63, 3.8) is 0 Å². The monoisotopic (exact) mass is 393 g/mol. The second kappa shape index (κ2) is 10.2. The average molecular weight is 394 g/mol. The summed E-state index contributed by atoms with van der Waals surface area (Å²) in [5, 5.41) is 8.83. The van der Waals surface area contributed by atoms with Gasteiger partial charge in [-0.1, -0.05) is 12.1 Å². The van der Waals surface area contributed by atoms with Gasteiger partial charge in [0.1, 0.15) is 17.2 Å². The first-order valence-electron chi connectivity index (χ1n) is 8.61. The molecule has 1 fully saturated rings. The molecule has 3 rings (SSSR count). The summed E-state index contributed by atoms with van der Waals surface area (Å²) >= 11 is 0. The van der Waals surface area contributed by atoms with E-state index in [1.165, 1.54) is 0 Å². The average Bonchev–Trinajstić information content (AvgIpc) is 2.68. The fourth-order valence-electron chi connectivity index (χ4n) is 2.89. The summed E-state index contributed by atoms with van der Waals surface area (Å²) in [6, 6.07) is 15.2. The number of methoxy groups -OCH3 is 1. The lowest BCUT2D eigenvalue weighted by Gasteiger charge is -2.32. The number of halogens is 1. The van der Waals surface area contributed by atoms with E-state index in [1.807, 2.05) is 48.5 Å². The minimum Gasteiger partial charge on any atom is -0.497 e. The molecule has 0 saturated carbocycles. The summed E-state index contributed by atoms with van der Waals surface area (Å²) in [5.74, 6) is 1.51. The summed E-state index contributed by atoms with van der Waals surface area (Å²) in [7, 11) is 1.63. The van der Waals surface area contributed by atoms with Crippen LogP contribution in [0.3, 0.4) is 0 Å². The predicted molar refractivity (Wildman–Crippen MR) is 104 cm³/mol. The van der Waals surface area contributed by atoms with Crippen molar-refractivity contribution < 1.29 is 24.1 Å². The molecule has 2 aromatic rings. The van der Waals surface area contributed by atoms with Gasteiger partial charge in [-0.05, 0) is 42.0 Å². The van der Waals surface area contributed by atoms with Crippen molar-refractivity contribution in [1.82, 2.24) is 4.90 Å². The number of benzene rings is 2. The van der Waals surface area contributed by atoms with E-state index in [0.29, 0.717) is 19.7 Å². The minimum absolute atomic E-state index is 0. The molecular formula is C20H24ClNO5. The van der Waals surface area contributed by atoms with Crippen molar-refractivity contribution in [2.24, 2.45) is 0 Å². The number of carbonyl (C=O) groups is 1.